The molecule has 0 aliphatic rings. The summed E-state index contributed by atoms with van der Waals surface area (Å²) in [7, 11) is 1.76. The molecule has 1 atom stereocenters. The molecule has 0 radical (unpaired) electrons. The molecule has 1 N–H and O–H groups in total. The zero-order chi connectivity index (χ0) is 22.7. The first-order valence-electron chi connectivity index (χ1n) is 10.6. The Kier molecular flexibility index (Phi) is 6.16. The average Bonchev–Trinajstić information content (AvgIpc) is 3.12. The maximum absolute atomic E-state index is 13.3. The molecule has 0 saturated carbocycles. The van der Waals surface area contributed by atoms with Gasteiger partial charge in [-0.2, -0.15) is 0 Å². The van der Waals surface area contributed by atoms with Crippen molar-refractivity contribution in [3.63, 3.8) is 0 Å². The second-order valence-electron chi connectivity index (χ2n) is 8.03. The number of nitrogens with one attached hydrogen (secondary N) is 1. The lowest BCUT2D eigenvalue weighted by atomic mass is 10.1. The van der Waals surface area contributed by atoms with E-state index in [1.54, 1.807) is 29.9 Å². The monoisotopic (exact) mass is 432 g/mol. The van der Waals surface area contributed by atoms with Gasteiger partial charge in [0.05, 0.1) is 6.33 Å². The SMILES string of the molecule is CC(CCc1ccccc1)NC(=O)Cn1cnc2c(-c3ccc(F)cc3)cn(C)c2c1=O. The molecular weight excluding hydrogens is 407 g/mol. The fourth-order valence-corrected chi connectivity index (χ4v) is 3.84. The summed E-state index contributed by atoms with van der Waals surface area (Å²) in [5, 5.41) is 2.96. The fraction of sp³-hybridized carbons (Fsp3) is 0.240. The lowest BCUT2D eigenvalue weighted by molar-refractivity contribution is -0.122. The van der Waals surface area contributed by atoms with Crippen molar-refractivity contribution in [2.24, 2.45) is 7.05 Å². The standard InChI is InChI=1S/C25H25FN4O2/c1-17(8-9-18-6-4-3-5-7-18)28-22(31)15-30-16-27-23-21(14-29(2)24(23)25(30)32)19-10-12-20(26)13-11-19/h3-7,10-14,16-17H,8-9,15H2,1-2H3,(H,28,31). The molecule has 32 heavy (non-hydrogen) atoms. The van der Waals surface area contributed by atoms with Crippen molar-refractivity contribution in [2.45, 2.75) is 32.4 Å². The topological polar surface area (TPSA) is 68.9 Å². The summed E-state index contributed by atoms with van der Waals surface area (Å²) in [6.07, 6.45) is 4.86. The van der Waals surface area contributed by atoms with E-state index in [0.29, 0.717) is 11.0 Å². The summed E-state index contributed by atoms with van der Waals surface area (Å²) in [5.41, 5.74) is 3.37. The molecule has 0 aliphatic heterocycles. The molecule has 164 valence electrons. The number of carbonyl (C=O) groups is 1. The summed E-state index contributed by atoms with van der Waals surface area (Å²) in [4.78, 5) is 30.0. The number of benzene rings is 2. The van der Waals surface area contributed by atoms with E-state index in [1.165, 1.54) is 28.6 Å². The average molecular weight is 432 g/mol. The maximum atomic E-state index is 13.3. The van der Waals surface area contributed by atoms with E-state index in [-0.39, 0.29) is 29.9 Å². The van der Waals surface area contributed by atoms with Crippen molar-refractivity contribution in [2.75, 3.05) is 0 Å². The van der Waals surface area contributed by atoms with E-state index >= 15 is 0 Å². The van der Waals surface area contributed by atoms with Crippen LogP contribution in [0.2, 0.25) is 0 Å². The third-order valence-electron chi connectivity index (χ3n) is 5.53. The highest BCUT2D eigenvalue weighted by Gasteiger charge is 2.16. The number of halogens is 1. The lowest BCUT2D eigenvalue weighted by Crippen LogP contribution is -2.37. The molecular formula is C25H25FN4O2. The van der Waals surface area contributed by atoms with Crippen LogP contribution < -0.4 is 10.9 Å². The van der Waals surface area contributed by atoms with Crippen LogP contribution in [0.5, 0.6) is 0 Å². The Bertz CT molecular complexity index is 1290. The minimum absolute atomic E-state index is 0.0183. The third-order valence-corrected chi connectivity index (χ3v) is 5.53. The summed E-state index contributed by atoms with van der Waals surface area (Å²) in [6.45, 7) is 1.85. The number of hydrogen-bond donors (Lipinski definition) is 1. The molecule has 6 nitrogen and oxygen atoms in total. The first-order chi connectivity index (χ1) is 15.4. The number of aryl methyl sites for hydroxylation is 2. The van der Waals surface area contributed by atoms with Gasteiger partial charge in [-0.3, -0.25) is 14.2 Å². The van der Waals surface area contributed by atoms with Gasteiger partial charge in [0.25, 0.3) is 5.56 Å². The molecule has 0 aliphatic carbocycles. The Balaban J connectivity index is 1.48. The van der Waals surface area contributed by atoms with Crippen LogP contribution in [-0.4, -0.2) is 26.1 Å². The first-order valence-corrected chi connectivity index (χ1v) is 10.6. The fourth-order valence-electron chi connectivity index (χ4n) is 3.84. The van der Waals surface area contributed by atoms with Crippen LogP contribution >= 0.6 is 0 Å². The van der Waals surface area contributed by atoms with E-state index < -0.39 is 0 Å². The molecule has 2 aromatic carbocycles. The van der Waals surface area contributed by atoms with Gasteiger partial charge in [0.15, 0.2) is 0 Å². The number of rotatable bonds is 7. The summed E-state index contributed by atoms with van der Waals surface area (Å²) < 4.78 is 16.3. The summed E-state index contributed by atoms with van der Waals surface area (Å²) >= 11 is 0. The van der Waals surface area contributed by atoms with Crippen LogP contribution in [0.1, 0.15) is 18.9 Å². The summed E-state index contributed by atoms with van der Waals surface area (Å²) in [5.74, 6) is -0.560. The number of carbonyl (C=O) groups excluding carboxylic acids is 1. The third kappa shape index (κ3) is 4.61. The van der Waals surface area contributed by atoms with Crippen LogP contribution in [0.4, 0.5) is 4.39 Å². The molecule has 4 aromatic rings. The molecule has 2 heterocycles. The van der Waals surface area contributed by atoms with Crippen LogP contribution in [0, 0.1) is 5.82 Å². The van der Waals surface area contributed by atoms with Crippen molar-refractivity contribution < 1.29 is 9.18 Å². The largest absolute Gasteiger partial charge is 0.352 e. The van der Waals surface area contributed by atoms with Crippen molar-refractivity contribution in [3.8, 4) is 11.1 Å². The quantitative estimate of drug-likeness (QED) is 0.484. The Morgan fingerprint density at radius 1 is 1.12 bits per heavy atom. The van der Waals surface area contributed by atoms with Gasteiger partial charge in [0.2, 0.25) is 5.91 Å². The lowest BCUT2D eigenvalue weighted by Gasteiger charge is -2.14. The smallest absolute Gasteiger partial charge is 0.278 e. The van der Waals surface area contributed by atoms with Crippen molar-refractivity contribution in [3.05, 3.63) is 88.9 Å². The molecule has 1 amide bonds. The van der Waals surface area contributed by atoms with Crippen molar-refractivity contribution in [1.82, 2.24) is 19.4 Å². The van der Waals surface area contributed by atoms with Crippen LogP contribution in [0.3, 0.4) is 0 Å². The number of aromatic nitrogens is 3. The number of amides is 1. The molecule has 0 bridgehead atoms. The van der Waals surface area contributed by atoms with E-state index in [1.807, 2.05) is 25.1 Å². The van der Waals surface area contributed by atoms with E-state index in [2.05, 4.69) is 22.4 Å². The highest BCUT2D eigenvalue weighted by atomic mass is 19.1. The van der Waals surface area contributed by atoms with Gasteiger partial charge in [-0.25, -0.2) is 9.37 Å². The maximum Gasteiger partial charge on any atom is 0.278 e. The van der Waals surface area contributed by atoms with Gasteiger partial charge in [-0.1, -0.05) is 42.5 Å². The van der Waals surface area contributed by atoms with Crippen molar-refractivity contribution >= 4 is 16.9 Å². The van der Waals surface area contributed by atoms with Gasteiger partial charge >= 0.3 is 0 Å². The summed E-state index contributed by atoms with van der Waals surface area (Å²) in [6, 6.07) is 16.1. The van der Waals surface area contributed by atoms with E-state index in [9.17, 15) is 14.0 Å². The van der Waals surface area contributed by atoms with Gasteiger partial charge in [0, 0.05) is 24.8 Å². The Hall–Kier alpha value is -3.74. The van der Waals surface area contributed by atoms with Crippen LogP contribution in [0.25, 0.3) is 22.2 Å². The second-order valence-corrected chi connectivity index (χ2v) is 8.03. The number of hydrogen-bond acceptors (Lipinski definition) is 3. The number of nitrogens with zero attached hydrogens (tertiary/aromatic N) is 3. The van der Waals surface area contributed by atoms with Gasteiger partial charge < -0.3 is 9.88 Å². The number of fused-ring (bicyclic) bond motifs is 1. The van der Waals surface area contributed by atoms with E-state index in [0.717, 1.165) is 24.0 Å². The van der Waals surface area contributed by atoms with Crippen LogP contribution in [0.15, 0.2) is 71.9 Å². The predicted octanol–water partition coefficient (Wildman–Crippen LogP) is 3.68. The van der Waals surface area contributed by atoms with Gasteiger partial charge in [0.1, 0.15) is 23.4 Å². The Morgan fingerprint density at radius 3 is 2.56 bits per heavy atom. The zero-order valence-electron chi connectivity index (χ0n) is 18.1. The Morgan fingerprint density at radius 2 is 1.84 bits per heavy atom. The van der Waals surface area contributed by atoms with Gasteiger partial charge in [-0.15, -0.1) is 0 Å². The van der Waals surface area contributed by atoms with E-state index in [4.69, 9.17) is 0 Å². The molecule has 2 aromatic heterocycles. The van der Waals surface area contributed by atoms with Crippen LogP contribution in [-0.2, 0) is 24.8 Å². The minimum atomic E-state index is -0.326. The normalized spacial score (nSPS) is 12.1. The molecule has 7 heteroatoms. The highest BCUT2D eigenvalue weighted by molar-refractivity contribution is 5.92. The molecule has 4 rings (SSSR count). The molecule has 0 spiro atoms. The molecule has 0 fully saturated rings. The highest BCUT2D eigenvalue weighted by Crippen LogP contribution is 2.27. The molecule has 1 unspecified atom stereocenters. The second kappa shape index (κ2) is 9.18. The van der Waals surface area contributed by atoms with Crippen molar-refractivity contribution in [1.29, 1.82) is 0 Å². The molecule has 0 saturated heterocycles. The van der Waals surface area contributed by atoms with Gasteiger partial charge in [-0.05, 0) is 43.0 Å². The first kappa shape index (κ1) is 21.5. The predicted molar refractivity (Wildman–Crippen MR) is 123 cm³/mol. The minimum Gasteiger partial charge on any atom is -0.352 e. The Labute approximate surface area is 185 Å². The zero-order valence-corrected chi connectivity index (χ0v) is 18.1.